The van der Waals surface area contributed by atoms with Crippen LogP contribution in [0.2, 0.25) is 0 Å². The van der Waals surface area contributed by atoms with Crippen LogP contribution in [0.3, 0.4) is 0 Å². The van der Waals surface area contributed by atoms with Crippen molar-refractivity contribution in [1.82, 2.24) is 5.01 Å². The van der Waals surface area contributed by atoms with Crippen LogP contribution in [-0.2, 0) is 4.74 Å². The molecule has 14 heavy (non-hydrogen) atoms. The van der Waals surface area contributed by atoms with Crippen molar-refractivity contribution in [2.24, 2.45) is 5.10 Å². The van der Waals surface area contributed by atoms with Gasteiger partial charge < -0.3 is 4.74 Å². The average Bonchev–Trinajstić information content (AvgIpc) is 2.68. The minimum absolute atomic E-state index is 0.399. The van der Waals surface area contributed by atoms with Crippen LogP contribution >= 0.6 is 0 Å². The van der Waals surface area contributed by atoms with Crippen molar-refractivity contribution < 1.29 is 9.53 Å². The third-order valence-electron chi connectivity index (χ3n) is 2.13. The number of hydrazone groups is 1. The molecule has 1 aliphatic rings. The van der Waals surface area contributed by atoms with Crippen LogP contribution in [0.25, 0.3) is 0 Å². The molecule has 1 fully saturated rings. The van der Waals surface area contributed by atoms with Gasteiger partial charge in [0.2, 0.25) is 0 Å². The Hall–Kier alpha value is -1.32. The number of hydrogen-bond donors (Lipinski definition) is 0. The van der Waals surface area contributed by atoms with Crippen LogP contribution in [-0.4, -0.2) is 30.5 Å². The molecule has 4 heteroatoms. The second-order valence-corrected chi connectivity index (χ2v) is 3.21. The molecular weight excluding hydrogens is 180 g/mol. The van der Waals surface area contributed by atoms with Crippen molar-refractivity contribution in [1.29, 1.82) is 0 Å². The maximum Gasteiger partial charge on any atom is 0.430 e. The molecule has 0 aromatic rings. The molecule has 0 spiro atoms. The minimum atomic E-state index is -0.427. The summed E-state index contributed by atoms with van der Waals surface area (Å²) < 4.78 is 4.61. The van der Waals surface area contributed by atoms with Gasteiger partial charge in [-0.25, -0.2) is 4.79 Å². The molecule has 1 amide bonds. The summed E-state index contributed by atoms with van der Waals surface area (Å²) in [5.74, 6) is 0. The molecule has 1 rings (SSSR count). The molecule has 0 unspecified atom stereocenters. The maximum absolute atomic E-state index is 11.2. The first kappa shape index (κ1) is 10.8. The highest BCUT2D eigenvalue weighted by Crippen LogP contribution is 2.15. The molecule has 0 aromatic carbocycles. The molecule has 78 valence electrons. The van der Waals surface area contributed by atoms with E-state index in [1.165, 1.54) is 25.0 Å². The van der Waals surface area contributed by atoms with Crippen LogP contribution in [0.15, 0.2) is 17.8 Å². The Balaban J connectivity index is 2.61. The Morgan fingerprint density at radius 2 is 2.29 bits per heavy atom. The third-order valence-corrected chi connectivity index (χ3v) is 2.13. The highest BCUT2D eigenvalue weighted by atomic mass is 16.5. The van der Waals surface area contributed by atoms with Gasteiger partial charge in [-0.2, -0.15) is 10.1 Å². The third kappa shape index (κ3) is 2.87. The van der Waals surface area contributed by atoms with Crippen molar-refractivity contribution in [2.75, 3.05) is 13.7 Å². The lowest BCUT2D eigenvalue weighted by Crippen LogP contribution is -2.26. The van der Waals surface area contributed by atoms with E-state index in [4.69, 9.17) is 0 Å². The Morgan fingerprint density at radius 1 is 1.64 bits per heavy atom. The van der Waals surface area contributed by atoms with Gasteiger partial charge in [0.15, 0.2) is 0 Å². The summed E-state index contributed by atoms with van der Waals surface area (Å²) in [6.45, 7) is 3.97. The molecule has 0 radical (unpaired) electrons. The summed E-state index contributed by atoms with van der Waals surface area (Å²) in [4.78, 5) is 11.2. The Bertz CT molecular complexity index is 241. The van der Waals surface area contributed by atoms with E-state index >= 15 is 0 Å². The highest BCUT2D eigenvalue weighted by molar-refractivity contribution is 5.87. The van der Waals surface area contributed by atoms with Gasteiger partial charge in [0, 0.05) is 5.71 Å². The number of nitrogens with zero attached hydrogens (tertiary/aromatic N) is 2. The first-order valence-corrected chi connectivity index (χ1v) is 4.80. The van der Waals surface area contributed by atoms with Gasteiger partial charge in [-0.3, -0.25) is 0 Å². The van der Waals surface area contributed by atoms with E-state index in [1.807, 2.05) is 0 Å². The van der Waals surface area contributed by atoms with Crippen molar-refractivity contribution >= 4 is 11.8 Å². The summed E-state index contributed by atoms with van der Waals surface area (Å²) in [6.07, 6.45) is 5.53. The van der Waals surface area contributed by atoms with E-state index in [9.17, 15) is 4.79 Å². The normalized spacial score (nSPS) is 15.1. The molecule has 0 saturated heterocycles. The van der Waals surface area contributed by atoms with Crippen LogP contribution in [0.5, 0.6) is 0 Å². The number of amides is 1. The molecule has 0 N–H and O–H groups in total. The second kappa shape index (κ2) is 5.42. The van der Waals surface area contributed by atoms with Crippen LogP contribution < -0.4 is 0 Å². The summed E-state index contributed by atoms with van der Waals surface area (Å²) in [5.41, 5.74) is 1.08. The predicted octanol–water partition coefficient (Wildman–Crippen LogP) is 2.17. The summed E-state index contributed by atoms with van der Waals surface area (Å²) in [6, 6.07) is 0. The summed E-state index contributed by atoms with van der Waals surface area (Å²) >= 11 is 0. The van der Waals surface area contributed by atoms with E-state index in [2.05, 4.69) is 16.4 Å². The smallest absolute Gasteiger partial charge is 0.430 e. The highest BCUT2D eigenvalue weighted by Gasteiger charge is 2.14. The fourth-order valence-corrected chi connectivity index (χ4v) is 1.44. The van der Waals surface area contributed by atoms with Gasteiger partial charge >= 0.3 is 6.09 Å². The fourth-order valence-electron chi connectivity index (χ4n) is 1.44. The molecule has 1 aliphatic carbocycles. The molecule has 4 nitrogen and oxygen atoms in total. The van der Waals surface area contributed by atoms with Crippen LogP contribution in [0.4, 0.5) is 4.79 Å². The van der Waals surface area contributed by atoms with E-state index in [0.29, 0.717) is 6.54 Å². The lowest BCUT2D eigenvalue weighted by molar-refractivity contribution is 0.129. The summed E-state index contributed by atoms with van der Waals surface area (Å²) in [5, 5.41) is 5.55. The van der Waals surface area contributed by atoms with Crippen molar-refractivity contribution in [3.05, 3.63) is 12.7 Å². The molecule has 0 heterocycles. The van der Waals surface area contributed by atoms with E-state index in [-0.39, 0.29) is 0 Å². The lowest BCUT2D eigenvalue weighted by Gasteiger charge is -2.14. The number of ether oxygens (including phenoxy) is 1. The zero-order valence-corrected chi connectivity index (χ0v) is 8.53. The van der Waals surface area contributed by atoms with Crippen molar-refractivity contribution in [2.45, 2.75) is 25.7 Å². The zero-order valence-electron chi connectivity index (χ0n) is 8.53. The van der Waals surface area contributed by atoms with E-state index in [1.54, 1.807) is 6.08 Å². The van der Waals surface area contributed by atoms with Gasteiger partial charge in [0.05, 0.1) is 13.7 Å². The van der Waals surface area contributed by atoms with E-state index < -0.39 is 6.09 Å². The minimum Gasteiger partial charge on any atom is -0.451 e. The Morgan fingerprint density at radius 3 is 2.79 bits per heavy atom. The number of rotatable bonds is 3. The number of carbonyl (C=O) groups excluding carboxylic acids is 1. The predicted molar refractivity (Wildman–Crippen MR) is 55.2 cm³/mol. The first-order valence-electron chi connectivity index (χ1n) is 4.80. The topological polar surface area (TPSA) is 41.9 Å². The number of methoxy groups -OCH3 is 1. The van der Waals surface area contributed by atoms with Crippen molar-refractivity contribution in [3.63, 3.8) is 0 Å². The largest absolute Gasteiger partial charge is 0.451 e. The van der Waals surface area contributed by atoms with E-state index in [0.717, 1.165) is 18.6 Å². The summed E-state index contributed by atoms with van der Waals surface area (Å²) in [7, 11) is 1.35. The maximum atomic E-state index is 11.2. The van der Waals surface area contributed by atoms with Crippen LogP contribution in [0.1, 0.15) is 25.7 Å². The van der Waals surface area contributed by atoms with Gasteiger partial charge in [0.1, 0.15) is 0 Å². The molecule has 1 saturated carbocycles. The molecule has 0 aromatic heterocycles. The van der Waals surface area contributed by atoms with Gasteiger partial charge in [0.25, 0.3) is 0 Å². The SMILES string of the molecule is C=CCN(N=C1CCCC1)C(=O)OC. The molecule has 0 atom stereocenters. The first-order chi connectivity index (χ1) is 6.77. The second-order valence-electron chi connectivity index (χ2n) is 3.21. The number of hydrogen-bond acceptors (Lipinski definition) is 3. The molecule has 0 bridgehead atoms. The van der Waals surface area contributed by atoms with Gasteiger partial charge in [-0.1, -0.05) is 6.08 Å². The quantitative estimate of drug-likeness (QED) is 0.512. The molecular formula is C10H16N2O2. The lowest BCUT2D eigenvalue weighted by atomic mass is 10.3. The van der Waals surface area contributed by atoms with Gasteiger partial charge in [-0.15, -0.1) is 6.58 Å². The van der Waals surface area contributed by atoms with Crippen LogP contribution in [0, 0.1) is 0 Å². The van der Waals surface area contributed by atoms with Gasteiger partial charge in [-0.05, 0) is 25.7 Å². The fraction of sp³-hybridized carbons (Fsp3) is 0.600. The molecule has 0 aliphatic heterocycles. The standard InChI is InChI=1S/C10H16N2O2/c1-3-8-12(10(13)14-2)11-9-6-4-5-7-9/h3H,1,4-8H2,2H3. The number of carbonyl (C=O) groups is 1. The Labute approximate surface area is 84.2 Å². The monoisotopic (exact) mass is 196 g/mol. The Kier molecular flexibility index (Phi) is 4.16. The zero-order chi connectivity index (χ0) is 10.4. The van der Waals surface area contributed by atoms with Crippen molar-refractivity contribution in [3.8, 4) is 0 Å². The average molecular weight is 196 g/mol.